The number of hydrogen-bond acceptors (Lipinski definition) is 5. The molecule has 0 aliphatic carbocycles. The maximum absolute atomic E-state index is 13.0. The number of aliphatic hydroxyl groups is 1. The van der Waals surface area contributed by atoms with Crippen molar-refractivity contribution < 1.29 is 9.90 Å². The van der Waals surface area contributed by atoms with Crippen LogP contribution < -0.4 is 4.90 Å². The van der Waals surface area contributed by atoms with Gasteiger partial charge in [-0.05, 0) is 49.3 Å². The number of anilines is 1. The summed E-state index contributed by atoms with van der Waals surface area (Å²) in [6, 6.07) is 15.6. The maximum Gasteiger partial charge on any atom is 0.225 e. The zero-order valence-electron chi connectivity index (χ0n) is 17.2. The van der Waals surface area contributed by atoms with Crippen molar-refractivity contribution in [1.82, 2.24) is 9.88 Å². The number of piperidine rings is 2. The fraction of sp³-hybridized carbons (Fsp3) is 0.458. The van der Waals surface area contributed by atoms with Gasteiger partial charge in [0.15, 0.2) is 0 Å². The molecule has 2 aromatic rings. The first kappa shape index (κ1) is 20.4. The molecule has 1 aromatic carbocycles. The quantitative estimate of drug-likeness (QED) is 0.847. The second-order valence-electron chi connectivity index (χ2n) is 8.30. The van der Waals surface area contributed by atoms with Gasteiger partial charge in [-0.15, -0.1) is 0 Å². The molecule has 1 unspecified atom stereocenters. The molecule has 1 aromatic heterocycles. The SMILES string of the molecule is N#Cc1ccc(N2CCC(C(=O)N3CCC(C(O)c4ccccc4)CC3)CC2)nc1. The van der Waals surface area contributed by atoms with Crippen molar-refractivity contribution >= 4 is 11.7 Å². The largest absolute Gasteiger partial charge is 0.388 e. The lowest BCUT2D eigenvalue weighted by Crippen LogP contribution is -2.46. The summed E-state index contributed by atoms with van der Waals surface area (Å²) in [6.45, 7) is 3.06. The number of aliphatic hydroxyl groups excluding tert-OH is 1. The molecule has 2 aliphatic heterocycles. The Morgan fingerprint density at radius 2 is 1.73 bits per heavy atom. The van der Waals surface area contributed by atoms with Crippen LogP contribution >= 0.6 is 0 Å². The Bertz CT molecular complexity index is 878. The van der Waals surface area contributed by atoms with Gasteiger partial charge in [0.1, 0.15) is 11.9 Å². The topological polar surface area (TPSA) is 80.5 Å². The van der Waals surface area contributed by atoms with Crippen LogP contribution in [0.5, 0.6) is 0 Å². The zero-order chi connectivity index (χ0) is 20.9. The molecule has 2 aliphatic rings. The molecule has 2 fully saturated rings. The molecule has 2 saturated heterocycles. The van der Waals surface area contributed by atoms with Crippen LogP contribution in [0, 0.1) is 23.2 Å². The minimum absolute atomic E-state index is 0.0650. The van der Waals surface area contributed by atoms with Gasteiger partial charge >= 0.3 is 0 Å². The molecule has 1 amide bonds. The van der Waals surface area contributed by atoms with Crippen LogP contribution in [0.3, 0.4) is 0 Å². The van der Waals surface area contributed by atoms with Crippen LogP contribution in [0.2, 0.25) is 0 Å². The van der Waals surface area contributed by atoms with Crippen molar-refractivity contribution in [1.29, 1.82) is 5.26 Å². The van der Waals surface area contributed by atoms with Crippen LogP contribution in [0.4, 0.5) is 5.82 Å². The number of nitrogens with zero attached hydrogens (tertiary/aromatic N) is 4. The third-order valence-electron chi connectivity index (χ3n) is 6.48. The lowest BCUT2D eigenvalue weighted by molar-refractivity contribution is -0.138. The van der Waals surface area contributed by atoms with Crippen molar-refractivity contribution in [3.8, 4) is 6.07 Å². The number of aromatic nitrogens is 1. The number of rotatable bonds is 4. The van der Waals surface area contributed by atoms with E-state index in [1.807, 2.05) is 41.3 Å². The van der Waals surface area contributed by atoms with Gasteiger partial charge in [-0.25, -0.2) is 4.98 Å². The van der Waals surface area contributed by atoms with Crippen LogP contribution in [-0.4, -0.2) is 47.1 Å². The van der Waals surface area contributed by atoms with Gasteiger partial charge in [0, 0.05) is 38.3 Å². The Morgan fingerprint density at radius 1 is 1.03 bits per heavy atom. The molecule has 156 valence electrons. The summed E-state index contributed by atoms with van der Waals surface area (Å²) in [7, 11) is 0. The standard InChI is InChI=1S/C24H28N4O2/c25-16-18-6-7-22(26-17-18)27-12-10-21(11-13-27)24(30)28-14-8-20(9-15-28)23(29)19-4-2-1-3-5-19/h1-7,17,20-21,23,29H,8-15H2. The second-order valence-corrected chi connectivity index (χ2v) is 8.30. The molecular formula is C24H28N4O2. The number of benzene rings is 1. The molecule has 6 nitrogen and oxygen atoms in total. The van der Waals surface area contributed by atoms with Crippen molar-refractivity contribution in [2.24, 2.45) is 11.8 Å². The lowest BCUT2D eigenvalue weighted by Gasteiger charge is -2.38. The summed E-state index contributed by atoms with van der Waals surface area (Å²) in [5, 5.41) is 19.6. The van der Waals surface area contributed by atoms with Crippen molar-refractivity contribution in [2.45, 2.75) is 31.8 Å². The fourth-order valence-corrected chi connectivity index (χ4v) is 4.61. The summed E-state index contributed by atoms with van der Waals surface area (Å²) < 4.78 is 0. The van der Waals surface area contributed by atoms with Crippen molar-refractivity contribution in [3.63, 3.8) is 0 Å². The maximum atomic E-state index is 13.0. The minimum atomic E-state index is -0.452. The second kappa shape index (κ2) is 9.27. The first-order valence-corrected chi connectivity index (χ1v) is 10.8. The van der Waals surface area contributed by atoms with E-state index in [9.17, 15) is 9.90 Å². The van der Waals surface area contributed by atoms with Crippen LogP contribution in [-0.2, 0) is 4.79 Å². The molecule has 0 radical (unpaired) electrons. The van der Waals surface area contributed by atoms with Gasteiger partial charge in [-0.1, -0.05) is 30.3 Å². The molecule has 3 heterocycles. The molecule has 0 bridgehead atoms. The summed E-state index contributed by atoms with van der Waals surface area (Å²) in [5.74, 6) is 1.40. The third kappa shape index (κ3) is 4.47. The van der Waals surface area contributed by atoms with Crippen LogP contribution in [0.25, 0.3) is 0 Å². The number of nitriles is 1. The number of likely N-dealkylation sites (tertiary alicyclic amines) is 1. The Kier molecular flexibility index (Phi) is 6.29. The third-order valence-corrected chi connectivity index (χ3v) is 6.48. The minimum Gasteiger partial charge on any atom is -0.388 e. The summed E-state index contributed by atoms with van der Waals surface area (Å²) in [6.07, 6.45) is 4.48. The first-order chi connectivity index (χ1) is 14.7. The van der Waals surface area contributed by atoms with Gasteiger partial charge in [0.05, 0.1) is 11.7 Å². The van der Waals surface area contributed by atoms with E-state index in [0.29, 0.717) is 5.56 Å². The Morgan fingerprint density at radius 3 is 2.33 bits per heavy atom. The highest BCUT2D eigenvalue weighted by Gasteiger charge is 2.33. The Labute approximate surface area is 177 Å². The molecule has 1 N–H and O–H groups in total. The van der Waals surface area contributed by atoms with E-state index in [2.05, 4.69) is 16.0 Å². The normalized spacial score (nSPS) is 19.3. The van der Waals surface area contributed by atoms with E-state index in [1.54, 1.807) is 12.3 Å². The van der Waals surface area contributed by atoms with Gasteiger partial charge < -0.3 is 14.9 Å². The molecule has 30 heavy (non-hydrogen) atoms. The number of hydrogen-bond donors (Lipinski definition) is 1. The smallest absolute Gasteiger partial charge is 0.225 e. The average molecular weight is 405 g/mol. The number of carbonyl (C=O) groups excluding carboxylic acids is 1. The average Bonchev–Trinajstić information content (AvgIpc) is 2.84. The van der Waals surface area contributed by atoms with Gasteiger partial charge in [-0.2, -0.15) is 5.26 Å². The summed E-state index contributed by atoms with van der Waals surface area (Å²) in [4.78, 5) is 21.6. The highest BCUT2D eigenvalue weighted by molar-refractivity contribution is 5.79. The highest BCUT2D eigenvalue weighted by Crippen LogP contribution is 2.32. The predicted molar refractivity (Wildman–Crippen MR) is 115 cm³/mol. The highest BCUT2D eigenvalue weighted by atomic mass is 16.3. The monoisotopic (exact) mass is 404 g/mol. The molecule has 0 saturated carbocycles. The van der Waals surface area contributed by atoms with E-state index in [-0.39, 0.29) is 17.7 Å². The number of amides is 1. The molecule has 1 atom stereocenters. The van der Waals surface area contributed by atoms with Gasteiger partial charge in [-0.3, -0.25) is 4.79 Å². The van der Waals surface area contributed by atoms with Crippen molar-refractivity contribution in [3.05, 3.63) is 59.8 Å². The number of carbonyl (C=O) groups is 1. The number of pyridine rings is 1. The predicted octanol–water partition coefficient (Wildman–Crippen LogP) is 3.14. The van der Waals surface area contributed by atoms with E-state index >= 15 is 0 Å². The van der Waals surface area contributed by atoms with Crippen LogP contribution in [0.15, 0.2) is 48.7 Å². The Balaban J connectivity index is 1.26. The zero-order valence-corrected chi connectivity index (χ0v) is 17.2. The molecule has 4 rings (SSSR count). The molecular weight excluding hydrogens is 376 g/mol. The summed E-state index contributed by atoms with van der Waals surface area (Å²) in [5.41, 5.74) is 1.52. The lowest BCUT2D eigenvalue weighted by atomic mass is 9.86. The first-order valence-electron chi connectivity index (χ1n) is 10.8. The van der Waals surface area contributed by atoms with E-state index in [4.69, 9.17) is 5.26 Å². The van der Waals surface area contributed by atoms with E-state index < -0.39 is 6.10 Å². The van der Waals surface area contributed by atoms with Gasteiger partial charge in [0.2, 0.25) is 5.91 Å². The van der Waals surface area contributed by atoms with Crippen LogP contribution in [0.1, 0.15) is 42.9 Å². The Hall–Kier alpha value is -2.91. The van der Waals surface area contributed by atoms with E-state index in [0.717, 1.165) is 63.2 Å². The summed E-state index contributed by atoms with van der Waals surface area (Å²) >= 11 is 0. The van der Waals surface area contributed by atoms with Crippen molar-refractivity contribution in [2.75, 3.05) is 31.1 Å². The molecule has 0 spiro atoms. The fourth-order valence-electron chi connectivity index (χ4n) is 4.61. The van der Waals surface area contributed by atoms with E-state index in [1.165, 1.54) is 0 Å². The molecule has 6 heteroatoms. The van der Waals surface area contributed by atoms with Gasteiger partial charge in [0.25, 0.3) is 0 Å².